The molecule has 0 saturated heterocycles. The standard InChI is InChI=1S/C14H18ClNO3/c1-9-12(15)7-11(14(17)18)13(16-9)19-8-10-5-3-2-4-6-10/h7,10H,2-6,8H2,1H3,(H,17,18). The number of aromatic carboxylic acids is 1. The molecule has 1 aliphatic carbocycles. The number of rotatable bonds is 4. The molecule has 1 heterocycles. The maximum Gasteiger partial charge on any atom is 0.341 e. The number of hydrogen-bond donors (Lipinski definition) is 1. The van der Waals surface area contributed by atoms with E-state index in [0.29, 0.717) is 23.2 Å². The number of halogens is 1. The molecular weight excluding hydrogens is 266 g/mol. The lowest BCUT2D eigenvalue weighted by Gasteiger charge is -2.21. The van der Waals surface area contributed by atoms with E-state index < -0.39 is 5.97 Å². The van der Waals surface area contributed by atoms with Gasteiger partial charge in [-0.05, 0) is 31.7 Å². The fraction of sp³-hybridized carbons (Fsp3) is 0.571. The molecule has 1 fully saturated rings. The van der Waals surface area contributed by atoms with Crippen molar-refractivity contribution in [3.63, 3.8) is 0 Å². The average Bonchev–Trinajstić information content (AvgIpc) is 2.40. The predicted octanol–water partition coefficient (Wildman–Crippen LogP) is 3.70. The number of hydrogen-bond acceptors (Lipinski definition) is 3. The van der Waals surface area contributed by atoms with Gasteiger partial charge in [-0.3, -0.25) is 0 Å². The van der Waals surface area contributed by atoms with Crippen molar-refractivity contribution in [2.24, 2.45) is 5.92 Å². The topological polar surface area (TPSA) is 59.4 Å². The molecule has 0 spiro atoms. The lowest BCUT2D eigenvalue weighted by Crippen LogP contribution is -2.17. The largest absolute Gasteiger partial charge is 0.477 e. The van der Waals surface area contributed by atoms with Crippen molar-refractivity contribution < 1.29 is 14.6 Å². The van der Waals surface area contributed by atoms with E-state index >= 15 is 0 Å². The van der Waals surface area contributed by atoms with Crippen LogP contribution in [0, 0.1) is 12.8 Å². The Morgan fingerprint density at radius 3 is 2.79 bits per heavy atom. The molecule has 0 aliphatic heterocycles. The highest BCUT2D eigenvalue weighted by Crippen LogP contribution is 2.27. The summed E-state index contributed by atoms with van der Waals surface area (Å²) in [5.74, 6) is -0.374. The third-order valence-corrected chi connectivity index (χ3v) is 3.91. The third kappa shape index (κ3) is 3.60. The van der Waals surface area contributed by atoms with Crippen molar-refractivity contribution in [3.8, 4) is 5.88 Å². The quantitative estimate of drug-likeness (QED) is 0.915. The maximum absolute atomic E-state index is 11.2. The summed E-state index contributed by atoms with van der Waals surface area (Å²) in [6, 6.07) is 1.41. The van der Waals surface area contributed by atoms with Gasteiger partial charge in [0.15, 0.2) is 0 Å². The first-order valence-corrected chi connectivity index (χ1v) is 6.99. The smallest absolute Gasteiger partial charge is 0.341 e. The molecular formula is C14H18ClNO3. The zero-order chi connectivity index (χ0) is 13.8. The van der Waals surface area contributed by atoms with Crippen LogP contribution in [0.4, 0.5) is 0 Å². The van der Waals surface area contributed by atoms with Crippen molar-refractivity contribution in [1.29, 1.82) is 0 Å². The Morgan fingerprint density at radius 1 is 1.47 bits per heavy atom. The van der Waals surface area contributed by atoms with E-state index in [1.54, 1.807) is 6.92 Å². The van der Waals surface area contributed by atoms with Crippen LogP contribution in [0.5, 0.6) is 5.88 Å². The fourth-order valence-corrected chi connectivity index (χ4v) is 2.52. The van der Waals surface area contributed by atoms with Crippen LogP contribution >= 0.6 is 11.6 Å². The summed E-state index contributed by atoms with van der Waals surface area (Å²) in [5, 5.41) is 9.49. The Hall–Kier alpha value is -1.29. The van der Waals surface area contributed by atoms with Gasteiger partial charge in [0.2, 0.25) is 5.88 Å². The molecule has 5 heteroatoms. The first-order valence-electron chi connectivity index (χ1n) is 6.61. The van der Waals surface area contributed by atoms with E-state index in [4.69, 9.17) is 21.4 Å². The minimum atomic E-state index is -1.06. The first-order chi connectivity index (χ1) is 9.08. The van der Waals surface area contributed by atoms with Gasteiger partial charge in [0.1, 0.15) is 5.56 Å². The normalized spacial score (nSPS) is 16.3. The van der Waals surface area contributed by atoms with Crippen LogP contribution in [0.2, 0.25) is 5.02 Å². The number of nitrogens with zero attached hydrogens (tertiary/aromatic N) is 1. The molecule has 0 amide bonds. The van der Waals surface area contributed by atoms with E-state index in [-0.39, 0.29) is 11.4 Å². The second-order valence-corrected chi connectivity index (χ2v) is 5.44. The average molecular weight is 284 g/mol. The van der Waals surface area contributed by atoms with Gasteiger partial charge in [0, 0.05) is 0 Å². The van der Waals surface area contributed by atoms with Gasteiger partial charge in [0.25, 0.3) is 0 Å². The van der Waals surface area contributed by atoms with Gasteiger partial charge < -0.3 is 9.84 Å². The fourth-order valence-electron chi connectivity index (χ4n) is 2.37. The van der Waals surface area contributed by atoms with Crippen LogP contribution in [0.15, 0.2) is 6.07 Å². The zero-order valence-corrected chi connectivity index (χ0v) is 11.7. The second-order valence-electron chi connectivity index (χ2n) is 5.03. The molecule has 19 heavy (non-hydrogen) atoms. The SMILES string of the molecule is Cc1nc(OCC2CCCCC2)c(C(=O)O)cc1Cl. The molecule has 4 nitrogen and oxygen atoms in total. The monoisotopic (exact) mass is 283 g/mol. The molecule has 0 atom stereocenters. The van der Waals surface area contributed by atoms with Crippen molar-refractivity contribution in [2.75, 3.05) is 6.61 Å². The van der Waals surface area contributed by atoms with Crippen molar-refractivity contribution in [1.82, 2.24) is 4.98 Å². The molecule has 1 aromatic heterocycles. The summed E-state index contributed by atoms with van der Waals surface area (Å²) < 4.78 is 5.62. The number of carbonyl (C=O) groups is 1. The Kier molecular flexibility index (Phi) is 4.64. The molecule has 104 valence electrons. The molecule has 1 N–H and O–H groups in total. The predicted molar refractivity (Wildman–Crippen MR) is 73.0 cm³/mol. The number of aromatic nitrogens is 1. The van der Waals surface area contributed by atoms with Gasteiger partial charge in [-0.2, -0.15) is 0 Å². The number of pyridine rings is 1. The third-order valence-electron chi connectivity index (χ3n) is 3.53. The summed E-state index contributed by atoms with van der Waals surface area (Å²) in [7, 11) is 0. The number of ether oxygens (including phenoxy) is 1. The van der Waals surface area contributed by atoms with Crippen molar-refractivity contribution >= 4 is 17.6 Å². The Bertz CT molecular complexity index is 470. The van der Waals surface area contributed by atoms with Crippen molar-refractivity contribution in [3.05, 3.63) is 22.3 Å². The first kappa shape index (κ1) is 14.1. The highest BCUT2D eigenvalue weighted by Gasteiger charge is 2.19. The summed E-state index contributed by atoms with van der Waals surface area (Å²) in [5.41, 5.74) is 0.622. The van der Waals surface area contributed by atoms with E-state index in [9.17, 15) is 4.79 Å². The molecule has 0 unspecified atom stereocenters. The van der Waals surface area contributed by atoms with Gasteiger partial charge in [-0.25, -0.2) is 9.78 Å². The number of aryl methyl sites for hydroxylation is 1. The Morgan fingerprint density at radius 2 is 2.16 bits per heavy atom. The molecule has 1 aliphatic rings. The van der Waals surface area contributed by atoms with Crippen LogP contribution in [0.3, 0.4) is 0 Å². The molecule has 1 saturated carbocycles. The molecule has 0 aromatic carbocycles. The minimum absolute atomic E-state index is 0.0337. The van der Waals surface area contributed by atoms with E-state index in [2.05, 4.69) is 4.98 Å². The Balaban J connectivity index is 2.09. The maximum atomic E-state index is 11.2. The van der Waals surface area contributed by atoms with Gasteiger partial charge in [-0.1, -0.05) is 30.9 Å². The number of carboxylic acids is 1. The summed E-state index contributed by atoms with van der Waals surface area (Å²) in [6.07, 6.45) is 6.04. The lowest BCUT2D eigenvalue weighted by molar-refractivity contribution is 0.0689. The van der Waals surface area contributed by atoms with Gasteiger partial charge in [0.05, 0.1) is 17.3 Å². The Labute approximate surface area is 117 Å². The highest BCUT2D eigenvalue weighted by molar-refractivity contribution is 6.31. The van der Waals surface area contributed by atoms with Gasteiger partial charge >= 0.3 is 5.97 Å². The van der Waals surface area contributed by atoms with Crippen LogP contribution in [-0.2, 0) is 0 Å². The zero-order valence-electron chi connectivity index (χ0n) is 11.0. The summed E-state index contributed by atoms with van der Waals surface area (Å²) in [4.78, 5) is 15.3. The molecule has 0 bridgehead atoms. The van der Waals surface area contributed by atoms with E-state index in [1.165, 1.54) is 25.3 Å². The summed E-state index contributed by atoms with van der Waals surface area (Å²) >= 11 is 5.90. The van der Waals surface area contributed by atoms with Crippen LogP contribution in [0.1, 0.15) is 48.2 Å². The van der Waals surface area contributed by atoms with Crippen LogP contribution < -0.4 is 4.74 Å². The van der Waals surface area contributed by atoms with Gasteiger partial charge in [-0.15, -0.1) is 0 Å². The van der Waals surface area contributed by atoms with E-state index in [1.807, 2.05) is 0 Å². The molecule has 0 radical (unpaired) electrons. The van der Waals surface area contributed by atoms with Crippen molar-refractivity contribution in [2.45, 2.75) is 39.0 Å². The van der Waals surface area contributed by atoms with Crippen LogP contribution in [0.25, 0.3) is 0 Å². The van der Waals surface area contributed by atoms with E-state index in [0.717, 1.165) is 12.8 Å². The number of carboxylic acid groups (broad SMARTS) is 1. The molecule has 1 aromatic rings. The van der Waals surface area contributed by atoms with Crippen LogP contribution in [-0.4, -0.2) is 22.7 Å². The second kappa shape index (κ2) is 6.24. The summed E-state index contributed by atoms with van der Waals surface area (Å²) in [6.45, 7) is 2.27. The molecule has 2 rings (SSSR count). The lowest BCUT2D eigenvalue weighted by atomic mass is 9.90. The minimum Gasteiger partial charge on any atom is -0.477 e. The highest BCUT2D eigenvalue weighted by atomic mass is 35.5.